The fraction of sp³-hybridized carbons (Fsp3) is 0.250. The highest BCUT2D eigenvalue weighted by Gasteiger charge is 2.33. The Morgan fingerprint density at radius 1 is 1.15 bits per heavy atom. The van der Waals surface area contributed by atoms with E-state index in [2.05, 4.69) is 5.10 Å². The third kappa shape index (κ3) is 2.70. The number of benzene rings is 1. The third-order valence-corrected chi connectivity index (χ3v) is 4.90. The maximum atomic E-state index is 14.0. The number of fused-ring (bicyclic) bond motifs is 1. The summed E-state index contributed by atoms with van der Waals surface area (Å²) in [6.07, 6.45) is 2.77. The normalized spacial score (nSPS) is 14.4. The molecule has 0 atom stereocenters. The van der Waals surface area contributed by atoms with E-state index in [1.165, 1.54) is 6.07 Å². The van der Waals surface area contributed by atoms with Crippen LogP contribution in [0.3, 0.4) is 0 Å². The molecule has 1 aliphatic rings. The maximum Gasteiger partial charge on any atom is 0.264 e. The molecule has 0 spiro atoms. The summed E-state index contributed by atoms with van der Waals surface area (Å²) in [5.74, 6) is 0.237. The van der Waals surface area contributed by atoms with Crippen LogP contribution in [0.15, 0.2) is 48.8 Å². The zero-order valence-corrected chi connectivity index (χ0v) is 14.7. The molecule has 0 amide bonds. The molecule has 0 bridgehead atoms. The monoisotopic (exact) mass is 365 g/mol. The molecule has 0 saturated heterocycles. The van der Waals surface area contributed by atoms with Gasteiger partial charge in [0.05, 0.1) is 28.7 Å². The molecule has 0 unspecified atom stereocenters. The summed E-state index contributed by atoms with van der Waals surface area (Å²) < 4.78 is 31.3. The molecule has 4 aromatic rings. The number of hydrogen-bond donors (Lipinski definition) is 0. The van der Waals surface area contributed by atoms with Crippen molar-refractivity contribution >= 4 is 11.0 Å². The molecule has 7 heteroatoms. The van der Waals surface area contributed by atoms with E-state index in [-0.39, 0.29) is 11.5 Å². The lowest BCUT2D eigenvalue weighted by Crippen LogP contribution is -1.99. The second-order valence-corrected chi connectivity index (χ2v) is 6.91. The molecule has 0 aliphatic heterocycles. The summed E-state index contributed by atoms with van der Waals surface area (Å²) in [5.41, 5.74) is 3.18. The molecule has 0 N–H and O–H groups in total. The first-order valence-electron chi connectivity index (χ1n) is 8.88. The molecule has 1 aromatic carbocycles. The predicted molar refractivity (Wildman–Crippen MR) is 98.0 cm³/mol. The van der Waals surface area contributed by atoms with Gasteiger partial charge in [0.15, 0.2) is 5.65 Å². The number of nitrogens with zero attached hydrogens (tertiary/aromatic N) is 5. The van der Waals surface area contributed by atoms with Gasteiger partial charge in [0.1, 0.15) is 0 Å². The van der Waals surface area contributed by atoms with Crippen LogP contribution in [-0.4, -0.2) is 24.5 Å². The van der Waals surface area contributed by atoms with Gasteiger partial charge in [-0.1, -0.05) is 18.2 Å². The van der Waals surface area contributed by atoms with Gasteiger partial charge in [-0.2, -0.15) is 10.2 Å². The van der Waals surface area contributed by atoms with Crippen LogP contribution in [0.4, 0.5) is 8.78 Å². The molecule has 1 fully saturated rings. The van der Waals surface area contributed by atoms with Crippen molar-refractivity contribution in [2.24, 2.45) is 7.05 Å². The van der Waals surface area contributed by atoms with Crippen LogP contribution in [-0.2, 0) is 7.05 Å². The maximum absolute atomic E-state index is 14.0. The summed E-state index contributed by atoms with van der Waals surface area (Å²) in [6.45, 7) is 0. The molecule has 1 aliphatic carbocycles. The number of aromatic nitrogens is 5. The Labute approximate surface area is 154 Å². The summed E-state index contributed by atoms with van der Waals surface area (Å²) in [5, 5.41) is 9.33. The van der Waals surface area contributed by atoms with Crippen molar-refractivity contribution in [3.05, 3.63) is 60.0 Å². The average molecular weight is 365 g/mol. The van der Waals surface area contributed by atoms with Crippen LogP contribution in [0.2, 0.25) is 0 Å². The van der Waals surface area contributed by atoms with Gasteiger partial charge >= 0.3 is 0 Å². The van der Waals surface area contributed by atoms with Gasteiger partial charge in [0, 0.05) is 30.3 Å². The van der Waals surface area contributed by atoms with Crippen molar-refractivity contribution < 1.29 is 8.78 Å². The lowest BCUT2D eigenvalue weighted by molar-refractivity contribution is 0.153. The standard InChI is InChI=1S/C20H17F2N5/c1-26-11-13(10-23-26)16-9-15(19(21)22)17-18(12-7-8-12)25-27(20(17)24-16)14-5-3-2-4-6-14/h2-6,9-12,19H,7-8H2,1H3. The summed E-state index contributed by atoms with van der Waals surface area (Å²) in [7, 11) is 1.79. The van der Waals surface area contributed by atoms with Gasteiger partial charge in [0.25, 0.3) is 6.43 Å². The quantitative estimate of drug-likeness (QED) is 0.529. The number of hydrogen-bond acceptors (Lipinski definition) is 3. The van der Waals surface area contributed by atoms with Gasteiger partial charge in [-0.25, -0.2) is 18.4 Å². The van der Waals surface area contributed by atoms with Crippen LogP contribution < -0.4 is 0 Å². The predicted octanol–water partition coefficient (Wildman–Crippen LogP) is 4.64. The molecule has 27 heavy (non-hydrogen) atoms. The minimum atomic E-state index is -2.60. The summed E-state index contributed by atoms with van der Waals surface area (Å²) in [4.78, 5) is 4.72. The second kappa shape index (κ2) is 5.97. The van der Waals surface area contributed by atoms with Gasteiger partial charge in [0.2, 0.25) is 0 Å². The topological polar surface area (TPSA) is 48.5 Å². The average Bonchev–Trinajstić information content (AvgIpc) is 3.31. The first-order chi connectivity index (χ1) is 13.1. The van der Waals surface area contributed by atoms with Crippen LogP contribution in [0, 0.1) is 0 Å². The summed E-state index contributed by atoms with van der Waals surface area (Å²) in [6, 6.07) is 11.0. The third-order valence-electron chi connectivity index (χ3n) is 4.90. The molecule has 3 aromatic heterocycles. The van der Waals surface area contributed by atoms with Gasteiger partial charge < -0.3 is 0 Å². The molecule has 1 saturated carbocycles. The number of para-hydroxylation sites is 1. The lowest BCUT2D eigenvalue weighted by Gasteiger charge is -2.08. The fourth-order valence-electron chi connectivity index (χ4n) is 3.44. The molecule has 5 nitrogen and oxygen atoms in total. The number of pyridine rings is 1. The molecule has 136 valence electrons. The minimum absolute atomic E-state index is 0.0112. The first kappa shape index (κ1) is 16.1. The van der Waals surface area contributed by atoms with E-state index in [4.69, 9.17) is 10.1 Å². The SMILES string of the molecule is Cn1cc(-c2cc(C(F)F)c3c(C4CC4)nn(-c4ccccc4)c3n2)cn1. The minimum Gasteiger partial charge on any atom is -0.275 e. The molecular weight excluding hydrogens is 348 g/mol. The van der Waals surface area contributed by atoms with E-state index in [1.807, 2.05) is 30.3 Å². The first-order valence-corrected chi connectivity index (χ1v) is 8.88. The number of aryl methyl sites for hydroxylation is 1. The van der Waals surface area contributed by atoms with E-state index < -0.39 is 6.43 Å². The van der Waals surface area contributed by atoms with Crippen molar-refractivity contribution in [3.8, 4) is 16.9 Å². The van der Waals surface area contributed by atoms with Crippen molar-refractivity contribution in [2.75, 3.05) is 0 Å². The van der Waals surface area contributed by atoms with Crippen molar-refractivity contribution in [2.45, 2.75) is 25.2 Å². The Morgan fingerprint density at radius 3 is 2.56 bits per heavy atom. The van der Waals surface area contributed by atoms with Crippen LogP contribution in [0.5, 0.6) is 0 Å². The highest BCUT2D eigenvalue weighted by atomic mass is 19.3. The van der Waals surface area contributed by atoms with Crippen molar-refractivity contribution in [1.29, 1.82) is 0 Å². The number of halogens is 2. The Hall–Kier alpha value is -3.09. The van der Waals surface area contributed by atoms with Gasteiger partial charge in [-0.3, -0.25) is 4.68 Å². The van der Waals surface area contributed by atoms with Crippen LogP contribution in [0.1, 0.15) is 36.4 Å². The van der Waals surface area contributed by atoms with E-state index in [9.17, 15) is 8.78 Å². The van der Waals surface area contributed by atoms with E-state index in [0.717, 1.165) is 24.2 Å². The Bertz CT molecular complexity index is 1130. The zero-order chi connectivity index (χ0) is 18.5. The lowest BCUT2D eigenvalue weighted by atomic mass is 10.1. The molecule has 3 heterocycles. The van der Waals surface area contributed by atoms with Crippen molar-refractivity contribution in [3.63, 3.8) is 0 Å². The van der Waals surface area contributed by atoms with Crippen LogP contribution >= 0.6 is 0 Å². The van der Waals surface area contributed by atoms with Gasteiger partial charge in [-0.05, 0) is 31.0 Å². The van der Waals surface area contributed by atoms with Gasteiger partial charge in [-0.15, -0.1) is 0 Å². The van der Waals surface area contributed by atoms with E-state index >= 15 is 0 Å². The smallest absolute Gasteiger partial charge is 0.264 e. The zero-order valence-electron chi connectivity index (χ0n) is 14.7. The Morgan fingerprint density at radius 2 is 1.93 bits per heavy atom. The second-order valence-electron chi connectivity index (χ2n) is 6.91. The molecule has 5 rings (SSSR count). The fourth-order valence-corrected chi connectivity index (χ4v) is 3.44. The number of rotatable bonds is 4. The highest BCUT2D eigenvalue weighted by Crippen LogP contribution is 2.45. The van der Waals surface area contributed by atoms with Crippen molar-refractivity contribution in [1.82, 2.24) is 24.5 Å². The van der Waals surface area contributed by atoms with E-state index in [0.29, 0.717) is 22.3 Å². The molecule has 0 radical (unpaired) electrons. The summed E-state index contributed by atoms with van der Waals surface area (Å²) >= 11 is 0. The van der Waals surface area contributed by atoms with Crippen LogP contribution in [0.25, 0.3) is 28.0 Å². The Kier molecular flexibility index (Phi) is 3.56. The highest BCUT2D eigenvalue weighted by molar-refractivity contribution is 5.87. The molecular formula is C20H17F2N5. The van der Waals surface area contributed by atoms with E-state index in [1.54, 1.807) is 28.8 Å². The largest absolute Gasteiger partial charge is 0.275 e. The number of alkyl halides is 2. The Balaban J connectivity index is 1.84.